The van der Waals surface area contributed by atoms with Crippen LogP contribution in [0.1, 0.15) is 54.9 Å². The number of allylic oxidation sites excluding steroid dienone is 2. The number of ether oxygens (including phenoxy) is 3. The molecule has 0 amide bonds. The summed E-state index contributed by atoms with van der Waals surface area (Å²) in [5, 5.41) is 19.4. The van der Waals surface area contributed by atoms with Gasteiger partial charge in [-0.15, -0.1) is 0 Å². The Morgan fingerprint density at radius 1 is 0.756 bits per heavy atom. The van der Waals surface area contributed by atoms with E-state index in [0.717, 1.165) is 59.4 Å². The summed E-state index contributed by atoms with van der Waals surface area (Å²) in [6.45, 7) is 2.80. The van der Waals surface area contributed by atoms with Crippen LogP contribution in [0.5, 0.6) is 11.5 Å². The summed E-state index contributed by atoms with van der Waals surface area (Å²) in [5.74, 6) is 1.27. The lowest BCUT2D eigenvalue weighted by Crippen LogP contribution is -2.14. The Balaban J connectivity index is 1.51. The summed E-state index contributed by atoms with van der Waals surface area (Å²) in [6, 6.07) is 27.1. The van der Waals surface area contributed by atoms with Gasteiger partial charge in [-0.05, 0) is 116 Å². The molecule has 0 saturated carbocycles. The van der Waals surface area contributed by atoms with Crippen LogP contribution in [0.2, 0.25) is 0 Å². The van der Waals surface area contributed by atoms with E-state index in [9.17, 15) is 15.3 Å². The average molecular weight is 614 g/mol. The lowest BCUT2D eigenvalue weighted by atomic mass is 10.0. The average Bonchev–Trinajstić information content (AvgIpc) is 3.01. The first-order valence-corrected chi connectivity index (χ1v) is 14.4. The maximum atomic E-state index is 11.4. The summed E-state index contributed by atoms with van der Waals surface area (Å²) in [7, 11) is 1.61. The van der Waals surface area contributed by atoms with Crippen molar-refractivity contribution in [2.24, 2.45) is 0 Å². The highest BCUT2D eigenvalue weighted by atomic mass is 79.9. The number of methoxy groups -OCH3 is 1. The maximum Gasteiger partial charge on any atom is 0.319 e. The molecule has 6 nitrogen and oxygen atoms in total. The van der Waals surface area contributed by atoms with Gasteiger partial charge in [-0.25, -0.2) is 0 Å². The molecule has 0 bridgehead atoms. The molecular formula is C34H33BrN2O4. The van der Waals surface area contributed by atoms with Gasteiger partial charge in [0.2, 0.25) is 0 Å². The zero-order valence-electron chi connectivity index (χ0n) is 23.3. The molecule has 0 radical (unpaired) electrons. The molecule has 3 rings (SSSR count). The van der Waals surface area contributed by atoms with Gasteiger partial charge in [0.25, 0.3) is 0 Å². The smallest absolute Gasteiger partial charge is 0.319 e. The maximum absolute atomic E-state index is 11.4. The number of hydrogen-bond acceptors (Lipinski definition) is 6. The number of hydrogen-bond donors (Lipinski definition) is 0. The minimum absolute atomic E-state index is 0.228. The van der Waals surface area contributed by atoms with Gasteiger partial charge in [-0.2, -0.15) is 10.5 Å². The molecule has 1 atom stereocenters. The molecule has 0 saturated heterocycles. The van der Waals surface area contributed by atoms with E-state index in [-0.39, 0.29) is 10.8 Å². The lowest BCUT2D eigenvalue weighted by Gasteiger charge is -2.08. The number of nitriles is 2. The molecule has 7 heteroatoms. The first kappa shape index (κ1) is 31.2. The van der Waals surface area contributed by atoms with Gasteiger partial charge in [0.1, 0.15) is 16.3 Å². The van der Waals surface area contributed by atoms with E-state index in [0.29, 0.717) is 24.4 Å². The van der Waals surface area contributed by atoms with Crippen molar-refractivity contribution in [1.82, 2.24) is 0 Å². The second kappa shape index (κ2) is 16.7. The molecule has 1 unspecified atom stereocenters. The van der Waals surface area contributed by atoms with Crippen molar-refractivity contribution < 1.29 is 19.0 Å². The predicted octanol–water partition coefficient (Wildman–Crippen LogP) is 8.09. The van der Waals surface area contributed by atoms with Crippen molar-refractivity contribution in [2.45, 2.75) is 37.4 Å². The molecule has 0 aromatic heterocycles. The molecule has 0 aliphatic rings. The van der Waals surface area contributed by atoms with Crippen molar-refractivity contribution in [2.75, 3.05) is 20.3 Å². The van der Waals surface area contributed by atoms with Crippen molar-refractivity contribution in [3.63, 3.8) is 0 Å². The Morgan fingerprint density at radius 3 is 1.66 bits per heavy atom. The minimum Gasteiger partial charge on any atom is -0.497 e. The first-order chi connectivity index (χ1) is 19.9. The second-order valence-corrected chi connectivity index (χ2v) is 10.7. The molecule has 0 N–H and O–H groups in total. The van der Waals surface area contributed by atoms with E-state index in [1.165, 1.54) is 0 Å². The number of rotatable bonds is 14. The fraction of sp³-hybridized carbons (Fsp3) is 0.265. The molecular weight excluding hydrogens is 580 g/mol. The third-order valence-electron chi connectivity index (χ3n) is 6.24. The zero-order valence-corrected chi connectivity index (χ0v) is 24.9. The molecule has 0 heterocycles. The Kier molecular flexibility index (Phi) is 12.7. The minimum atomic E-state index is -0.271. The van der Waals surface area contributed by atoms with Crippen molar-refractivity contribution in [3.8, 4) is 23.6 Å². The van der Waals surface area contributed by atoms with Crippen LogP contribution in [0.3, 0.4) is 0 Å². The molecule has 0 spiro atoms. The van der Waals surface area contributed by atoms with Gasteiger partial charge < -0.3 is 14.2 Å². The van der Waals surface area contributed by atoms with Crippen LogP contribution < -0.4 is 9.47 Å². The van der Waals surface area contributed by atoms with Crippen LogP contribution in [0, 0.1) is 22.7 Å². The molecule has 210 valence electrons. The number of alkyl halides is 1. The number of unbranched alkanes of at least 4 members (excludes halogenated alkanes) is 3. The van der Waals surface area contributed by atoms with Crippen LogP contribution in [0.15, 0.2) is 72.8 Å². The van der Waals surface area contributed by atoms with Gasteiger partial charge in [-0.1, -0.05) is 40.2 Å². The number of carbonyl (C=O) groups is 1. The summed E-state index contributed by atoms with van der Waals surface area (Å²) >= 11 is 3.19. The Bertz CT molecular complexity index is 1410. The van der Waals surface area contributed by atoms with Crippen molar-refractivity contribution in [3.05, 3.63) is 95.1 Å². The molecule has 41 heavy (non-hydrogen) atoms. The number of esters is 1. The third-order valence-corrected chi connectivity index (χ3v) is 6.62. The van der Waals surface area contributed by atoms with Crippen LogP contribution in [-0.2, 0) is 9.53 Å². The fourth-order valence-electron chi connectivity index (χ4n) is 3.92. The van der Waals surface area contributed by atoms with E-state index in [2.05, 4.69) is 28.1 Å². The van der Waals surface area contributed by atoms with E-state index in [1.807, 2.05) is 84.9 Å². The van der Waals surface area contributed by atoms with Gasteiger partial charge >= 0.3 is 5.97 Å². The largest absolute Gasteiger partial charge is 0.497 e. The predicted molar refractivity (Wildman–Crippen MR) is 166 cm³/mol. The quantitative estimate of drug-likeness (QED) is 0.0600. The number of carbonyl (C=O) groups excluding carboxylic acids is 1. The van der Waals surface area contributed by atoms with Crippen LogP contribution >= 0.6 is 15.9 Å². The highest BCUT2D eigenvalue weighted by molar-refractivity contribution is 9.10. The highest BCUT2D eigenvalue weighted by Gasteiger charge is 2.09. The Hall–Kier alpha value is -4.33. The summed E-state index contributed by atoms with van der Waals surface area (Å²) in [5.41, 5.74) is 4.50. The summed E-state index contributed by atoms with van der Waals surface area (Å²) < 4.78 is 16.2. The van der Waals surface area contributed by atoms with Gasteiger partial charge in [0.05, 0.1) is 43.6 Å². The lowest BCUT2D eigenvalue weighted by molar-refractivity contribution is -0.142. The topological polar surface area (TPSA) is 92.3 Å². The second-order valence-electron chi connectivity index (χ2n) is 9.31. The summed E-state index contributed by atoms with van der Waals surface area (Å²) in [4.78, 5) is 11.1. The van der Waals surface area contributed by atoms with E-state index >= 15 is 0 Å². The SMILES string of the molecule is COc1ccc(/C(C#N)=C\c2ccc(/C=C(\C#N)c3ccc(OCCCCCCOC(=O)C(C)Br)cc3)cc2)cc1. The van der Waals surface area contributed by atoms with Crippen LogP contribution in [0.25, 0.3) is 23.3 Å². The molecule has 0 aliphatic heterocycles. The number of halogens is 1. The third kappa shape index (κ3) is 10.3. The Morgan fingerprint density at radius 2 is 1.22 bits per heavy atom. The van der Waals surface area contributed by atoms with Crippen molar-refractivity contribution >= 4 is 45.2 Å². The molecule has 3 aromatic carbocycles. The number of benzene rings is 3. The Labute approximate surface area is 250 Å². The fourth-order valence-corrected chi connectivity index (χ4v) is 4.05. The van der Waals surface area contributed by atoms with E-state index in [4.69, 9.17) is 14.2 Å². The van der Waals surface area contributed by atoms with Crippen LogP contribution in [-0.4, -0.2) is 31.1 Å². The van der Waals surface area contributed by atoms with Gasteiger partial charge in [0.15, 0.2) is 0 Å². The first-order valence-electron chi connectivity index (χ1n) is 13.5. The van der Waals surface area contributed by atoms with Crippen molar-refractivity contribution in [1.29, 1.82) is 10.5 Å². The monoisotopic (exact) mass is 612 g/mol. The normalized spacial score (nSPS) is 12.1. The van der Waals surface area contributed by atoms with Gasteiger partial charge in [0, 0.05) is 0 Å². The molecule has 0 fully saturated rings. The molecule has 0 aliphatic carbocycles. The zero-order chi connectivity index (χ0) is 29.5. The summed E-state index contributed by atoms with van der Waals surface area (Å²) in [6.07, 6.45) is 7.40. The van der Waals surface area contributed by atoms with Gasteiger partial charge in [-0.3, -0.25) is 4.79 Å². The van der Waals surface area contributed by atoms with E-state index < -0.39 is 0 Å². The molecule has 3 aromatic rings. The number of nitrogens with zero attached hydrogens (tertiary/aromatic N) is 2. The highest BCUT2D eigenvalue weighted by Crippen LogP contribution is 2.23. The van der Waals surface area contributed by atoms with E-state index in [1.54, 1.807) is 14.0 Å². The standard InChI is InChI=1S/C34H33BrN2O4/c1-25(35)34(38)41-20-6-4-3-5-19-40-33-17-13-29(14-18-33)31(24-37)22-27-9-7-26(8-10-27)21-30(23-36)28-11-15-32(39-2)16-12-28/h7-18,21-22,25H,3-6,19-20H2,1-2H3/b30-21-,31-22+. The van der Waals surface area contributed by atoms with Crippen LogP contribution in [0.4, 0.5) is 0 Å².